The van der Waals surface area contributed by atoms with Gasteiger partial charge in [0.1, 0.15) is 0 Å². The van der Waals surface area contributed by atoms with Crippen molar-refractivity contribution in [2.75, 3.05) is 0 Å². The molecule has 1 saturated carbocycles. The molecule has 0 radical (unpaired) electrons. The smallest absolute Gasteiger partial charge is 0.261 e. The van der Waals surface area contributed by atoms with E-state index in [2.05, 4.69) is 20.8 Å². The van der Waals surface area contributed by atoms with Crippen LogP contribution >= 0.6 is 7.37 Å². The van der Waals surface area contributed by atoms with Crippen molar-refractivity contribution in [1.29, 1.82) is 0 Å². The summed E-state index contributed by atoms with van der Waals surface area (Å²) in [4.78, 5) is 0. The van der Waals surface area contributed by atoms with E-state index in [1.165, 1.54) is 6.42 Å². The Morgan fingerprint density at radius 2 is 1.44 bits per heavy atom. The Hall–Kier alpha value is -1.37. The van der Waals surface area contributed by atoms with Crippen LogP contribution in [0.5, 0.6) is 0 Å². The maximum absolute atomic E-state index is 14.1. The Morgan fingerprint density at radius 1 is 0.920 bits per heavy atom. The van der Waals surface area contributed by atoms with Crippen molar-refractivity contribution < 1.29 is 9.09 Å². The molecule has 0 heterocycles. The van der Waals surface area contributed by atoms with Gasteiger partial charge in [-0.2, -0.15) is 0 Å². The second-order valence-electron chi connectivity index (χ2n) is 7.69. The van der Waals surface area contributed by atoms with Gasteiger partial charge in [0, 0.05) is 10.6 Å². The standard InChI is InChI=1S/C22H29O2P/c1-17(2)21-15-14-18(3)16-22(21)24-25(23,19-10-6-4-7-11-19)20-12-8-5-9-13-20/h4-13,17-18,21-22H,14-16H2,1-3H3/t18-,21-,22+/m0/s1. The lowest BCUT2D eigenvalue weighted by Crippen LogP contribution is -2.35. The van der Waals surface area contributed by atoms with Crippen LogP contribution in [0.25, 0.3) is 0 Å². The molecule has 0 aromatic heterocycles. The fourth-order valence-electron chi connectivity index (χ4n) is 3.95. The normalized spacial score (nSPS) is 24.4. The van der Waals surface area contributed by atoms with Crippen molar-refractivity contribution in [2.45, 2.75) is 46.1 Å². The van der Waals surface area contributed by atoms with E-state index in [-0.39, 0.29) is 6.10 Å². The Morgan fingerprint density at radius 3 is 1.92 bits per heavy atom. The van der Waals surface area contributed by atoms with Crippen LogP contribution in [0.3, 0.4) is 0 Å². The molecule has 25 heavy (non-hydrogen) atoms. The zero-order valence-electron chi connectivity index (χ0n) is 15.5. The molecule has 0 saturated heterocycles. The summed E-state index contributed by atoms with van der Waals surface area (Å²) in [6.45, 7) is 6.79. The fraction of sp³-hybridized carbons (Fsp3) is 0.455. The first-order chi connectivity index (χ1) is 12.0. The molecule has 0 N–H and O–H groups in total. The van der Waals surface area contributed by atoms with Gasteiger partial charge < -0.3 is 4.52 Å². The largest absolute Gasteiger partial charge is 0.318 e. The Bertz CT molecular complexity index is 668. The van der Waals surface area contributed by atoms with E-state index in [0.29, 0.717) is 17.8 Å². The molecule has 0 unspecified atom stereocenters. The van der Waals surface area contributed by atoms with Gasteiger partial charge in [-0.15, -0.1) is 0 Å². The topological polar surface area (TPSA) is 26.3 Å². The first kappa shape index (κ1) is 18.4. The molecule has 2 nitrogen and oxygen atoms in total. The monoisotopic (exact) mass is 356 g/mol. The van der Waals surface area contributed by atoms with Crippen LogP contribution in [0.2, 0.25) is 0 Å². The Balaban J connectivity index is 1.99. The van der Waals surface area contributed by atoms with E-state index in [0.717, 1.165) is 23.5 Å². The minimum atomic E-state index is -3.10. The van der Waals surface area contributed by atoms with Gasteiger partial charge in [-0.3, -0.25) is 4.57 Å². The molecule has 0 bridgehead atoms. The first-order valence-electron chi connectivity index (χ1n) is 9.40. The van der Waals surface area contributed by atoms with E-state index in [1.54, 1.807) is 0 Å². The summed E-state index contributed by atoms with van der Waals surface area (Å²) in [5, 5.41) is 1.59. The van der Waals surface area contributed by atoms with Crippen LogP contribution in [-0.4, -0.2) is 6.10 Å². The highest BCUT2D eigenvalue weighted by Gasteiger charge is 2.38. The average Bonchev–Trinajstić information content (AvgIpc) is 2.63. The molecule has 1 aliphatic rings. The Kier molecular flexibility index (Phi) is 5.81. The maximum Gasteiger partial charge on any atom is 0.261 e. The molecule has 0 amide bonds. The van der Waals surface area contributed by atoms with E-state index in [9.17, 15) is 4.57 Å². The minimum Gasteiger partial charge on any atom is -0.318 e. The van der Waals surface area contributed by atoms with Crippen LogP contribution in [-0.2, 0) is 9.09 Å². The number of hydrogen-bond acceptors (Lipinski definition) is 2. The highest BCUT2D eigenvalue weighted by molar-refractivity contribution is 7.74. The number of rotatable bonds is 5. The van der Waals surface area contributed by atoms with Gasteiger partial charge in [0.25, 0.3) is 7.37 Å². The lowest BCUT2D eigenvalue weighted by atomic mass is 9.75. The summed E-state index contributed by atoms with van der Waals surface area (Å²) in [6, 6.07) is 19.4. The van der Waals surface area contributed by atoms with Crippen molar-refractivity contribution in [1.82, 2.24) is 0 Å². The van der Waals surface area contributed by atoms with Crippen LogP contribution in [0, 0.1) is 17.8 Å². The van der Waals surface area contributed by atoms with Crippen molar-refractivity contribution in [3.63, 3.8) is 0 Å². The molecular weight excluding hydrogens is 327 g/mol. The predicted octanol–water partition coefficient (Wildman–Crippen LogP) is 5.39. The third-order valence-corrected chi connectivity index (χ3v) is 7.96. The summed E-state index contributed by atoms with van der Waals surface area (Å²) in [6.07, 6.45) is 3.44. The highest BCUT2D eigenvalue weighted by atomic mass is 31.2. The number of hydrogen-bond donors (Lipinski definition) is 0. The van der Waals surface area contributed by atoms with Gasteiger partial charge in [0.05, 0.1) is 6.10 Å². The minimum absolute atomic E-state index is 0.0509. The van der Waals surface area contributed by atoms with Gasteiger partial charge in [0.2, 0.25) is 0 Å². The summed E-state index contributed by atoms with van der Waals surface area (Å²) >= 11 is 0. The SMILES string of the molecule is CC(C)[C@@H]1CC[C@H](C)C[C@H]1OP(=O)(c1ccccc1)c1ccccc1. The molecule has 2 aromatic carbocycles. The average molecular weight is 356 g/mol. The summed E-state index contributed by atoms with van der Waals surface area (Å²) < 4.78 is 20.7. The quantitative estimate of drug-likeness (QED) is 0.671. The van der Waals surface area contributed by atoms with Gasteiger partial charge in [-0.1, -0.05) is 63.6 Å². The van der Waals surface area contributed by atoms with E-state index >= 15 is 0 Å². The molecule has 3 rings (SSSR count). The zero-order chi connectivity index (χ0) is 17.9. The van der Waals surface area contributed by atoms with Crippen LogP contribution in [0.1, 0.15) is 40.0 Å². The van der Waals surface area contributed by atoms with Crippen molar-refractivity contribution in [3.05, 3.63) is 60.7 Å². The summed E-state index contributed by atoms with van der Waals surface area (Å²) in [5.74, 6) is 1.63. The predicted molar refractivity (Wildman–Crippen MR) is 106 cm³/mol. The second kappa shape index (κ2) is 7.89. The van der Waals surface area contributed by atoms with Crippen molar-refractivity contribution in [3.8, 4) is 0 Å². The second-order valence-corrected chi connectivity index (χ2v) is 10.0. The lowest BCUT2D eigenvalue weighted by Gasteiger charge is -2.39. The van der Waals surface area contributed by atoms with Crippen LogP contribution < -0.4 is 10.6 Å². The van der Waals surface area contributed by atoms with Crippen molar-refractivity contribution in [2.24, 2.45) is 17.8 Å². The molecule has 3 atom stereocenters. The third kappa shape index (κ3) is 4.07. The van der Waals surface area contributed by atoms with Crippen LogP contribution in [0.15, 0.2) is 60.7 Å². The van der Waals surface area contributed by atoms with Crippen molar-refractivity contribution >= 4 is 18.0 Å². The molecule has 1 aliphatic carbocycles. The van der Waals surface area contributed by atoms with Gasteiger partial charge in [-0.25, -0.2) is 0 Å². The van der Waals surface area contributed by atoms with Gasteiger partial charge >= 0.3 is 0 Å². The van der Waals surface area contributed by atoms with E-state index in [4.69, 9.17) is 4.52 Å². The molecule has 3 heteroatoms. The third-order valence-electron chi connectivity index (χ3n) is 5.44. The maximum atomic E-state index is 14.1. The lowest BCUT2D eigenvalue weighted by molar-refractivity contribution is 0.0514. The zero-order valence-corrected chi connectivity index (χ0v) is 16.4. The van der Waals surface area contributed by atoms with E-state index in [1.807, 2.05) is 60.7 Å². The van der Waals surface area contributed by atoms with E-state index < -0.39 is 7.37 Å². The number of benzene rings is 2. The summed E-state index contributed by atoms with van der Waals surface area (Å²) in [7, 11) is -3.10. The summed E-state index contributed by atoms with van der Waals surface area (Å²) in [5.41, 5.74) is 0. The van der Waals surface area contributed by atoms with Gasteiger partial charge in [-0.05, 0) is 54.9 Å². The molecular formula is C22H29O2P. The highest BCUT2D eigenvalue weighted by Crippen LogP contribution is 2.50. The molecule has 0 spiro atoms. The Labute approximate surface area is 152 Å². The molecule has 1 fully saturated rings. The first-order valence-corrected chi connectivity index (χ1v) is 11.0. The van der Waals surface area contributed by atoms with Crippen LogP contribution in [0.4, 0.5) is 0 Å². The molecule has 2 aromatic rings. The fourth-order valence-corrected chi connectivity index (χ4v) is 6.24. The molecule has 0 aliphatic heterocycles. The van der Waals surface area contributed by atoms with Gasteiger partial charge in [0.15, 0.2) is 0 Å². The molecule has 134 valence electrons.